The van der Waals surface area contributed by atoms with E-state index >= 15 is 0 Å². The zero-order chi connectivity index (χ0) is 12.3. The van der Waals surface area contributed by atoms with Crippen LogP contribution in [-0.4, -0.2) is 27.3 Å². The van der Waals surface area contributed by atoms with Crippen molar-refractivity contribution in [3.8, 4) is 5.75 Å². The van der Waals surface area contributed by atoms with Crippen LogP contribution in [0.25, 0.3) is 0 Å². The molecule has 0 radical (unpaired) electrons. The molecule has 0 N–H and O–H groups in total. The third-order valence-electron chi connectivity index (χ3n) is 2.18. The number of benzene rings is 1. The summed E-state index contributed by atoms with van der Waals surface area (Å²) in [5, 5.41) is 11.8. The molecule has 1 aromatic heterocycles. The molecule has 1 aromatic carbocycles. The maximum Gasteiger partial charge on any atom is 0.209 e. The van der Waals surface area contributed by atoms with Crippen molar-refractivity contribution < 1.29 is 9.13 Å². The SMILES string of the molecule is COc1ccc(F)cc1CSc1nnnn1C. The van der Waals surface area contributed by atoms with Crippen LogP contribution in [0.4, 0.5) is 4.39 Å². The van der Waals surface area contributed by atoms with E-state index in [9.17, 15) is 4.39 Å². The van der Waals surface area contributed by atoms with Gasteiger partial charge in [-0.05, 0) is 28.6 Å². The molecule has 17 heavy (non-hydrogen) atoms. The lowest BCUT2D eigenvalue weighted by Crippen LogP contribution is -1.95. The summed E-state index contributed by atoms with van der Waals surface area (Å²) in [5.74, 6) is 0.932. The zero-order valence-electron chi connectivity index (χ0n) is 9.42. The van der Waals surface area contributed by atoms with Crippen molar-refractivity contribution >= 4 is 11.8 Å². The molecule has 0 saturated carbocycles. The normalized spacial score (nSPS) is 10.5. The zero-order valence-corrected chi connectivity index (χ0v) is 10.2. The molecule has 0 aliphatic heterocycles. The topological polar surface area (TPSA) is 52.8 Å². The van der Waals surface area contributed by atoms with Crippen LogP contribution in [0.3, 0.4) is 0 Å². The summed E-state index contributed by atoms with van der Waals surface area (Å²) in [6.45, 7) is 0. The predicted molar refractivity (Wildman–Crippen MR) is 61.3 cm³/mol. The minimum atomic E-state index is -0.280. The first kappa shape index (κ1) is 11.8. The first-order chi connectivity index (χ1) is 8.20. The highest BCUT2D eigenvalue weighted by molar-refractivity contribution is 7.98. The van der Waals surface area contributed by atoms with Gasteiger partial charge in [-0.15, -0.1) is 5.10 Å². The van der Waals surface area contributed by atoms with Gasteiger partial charge in [0.05, 0.1) is 7.11 Å². The Labute approximate surface area is 102 Å². The van der Waals surface area contributed by atoms with Crippen LogP contribution >= 0.6 is 11.8 Å². The van der Waals surface area contributed by atoms with Crippen LogP contribution < -0.4 is 4.74 Å². The first-order valence-electron chi connectivity index (χ1n) is 4.88. The molecule has 0 saturated heterocycles. The number of nitrogens with zero attached hydrogens (tertiary/aromatic N) is 4. The summed E-state index contributed by atoms with van der Waals surface area (Å²) in [6, 6.07) is 4.44. The van der Waals surface area contributed by atoms with Crippen molar-refractivity contribution in [2.45, 2.75) is 10.9 Å². The smallest absolute Gasteiger partial charge is 0.209 e. The van der Waals surface area contributed by atoms with Gasteiger partial charge in [-0.1, -0.05) is 11.8 Å². The molecule has 0 unspecified atom stereocenters. The highest BCUT2D eigenvalue weighted by Crippen LogP contribution is 2.26. The van der Waals surface area contributed by atoms with Crippen LogP contribution in [0.1, 0.15) is 5.56 Å². The highest BCUT2D eigenvalue weighted by Gasteiger charge is 2.08. The fourth-order valence-corrected chi connectivity index (χ4v) is 2.17. The number of aryl methyl sites for hydroxylation is 1. The number of rotatable bonds is 4. The number of hydrogen-bond acceptors (Lipinski definition) is 5. The average molecular weight is 254 g/mol. The number of tetrazole rings is 1. The molecule has 5 nitrogen and oxygen atoms in total. The first-order valence-corrected chi connectivity index (χ1v) is 5.87. The Morgan fingerprint density at radius 3 is 2.94 bits per heavy atom. The van der Waals surface area contributed by atoms with Crippen molar-refractivity contribution in [1.82, 2.24) is 20.2 Å². The lowest BCUT2D eigenvalue weighted by molar-refractivity contribution is 0.410. The van der Waals surface area contributed by atoms with E-state index in [2.05, 4.69) is 15.5 Å². The Morgan fingerprint density at radius 2 is 2.29 bits per heavy atom. The predicted octanol–water partition coefficient (Wildman–Crippen LogP) is 1.65. The van der Waals surface area contributed by atoms with Gasteiger partial charge in [0.15, 0.2) is 0 Å². The van der Waals surface area contributed by atoms with E-state index in [4.69, 9.17) is 4.74 Å². The maximum atomic E-state index is 13.1. The molecule has 0 aliphatic rings. The van der Waals surface area contributed by atoms with E-state index < -0.39 is 0 Å². The van der Waals surface area contributed by atoms with Crippen molar-refractivity contribution in [2.24, 2.45) is 7.05 Å². The van der Waals surface area contributed by atoms with Gasteiger partial charge in [0.1, 0.15) is 11.6 Å². The molecule has 90 valence electrons. The summed E-state index contributed by atoms with van der Waals surface area (Å²) >= 11 is 1.43. The second-order valence-corrected chi connectivity index (χ2v) is 4.27. The van der Waals surface area contributed by atoms with Gasteiger partial charge in [0.2, 0.25) is 5.16 Å². The summed E-state index contributed by atoms with van der Waals surface area (Å²) in [4.78, 5) is 0. The number of hydrogen-bond donors (Lipinski definition) is 0. The van der Waals surface area contributed by atoms with Crippen LogP contribution in [-0.2, 0) is 12.8 Å². The lowest BCUT2D eigenvalue weighted by Gasteiger charge is -2.07. The molecule has 0 amide bonds. The number of methoxy groups -OCH3 is 1. The maximum absolute atomic E-state index is 13.1. The Morgan fingerprint density at radius 1 is 1.47 bits per heavy atom. The number of thioether (sulfide) groups is 1. The van der Waals surface area contributed by atoms with Crippen LogP contribution in [0.5, 0.6) is 5.75 Å². The van der Waals surface area contributed by atoms with Gasteiger partial charge >= 0.3 is 0 Å². The molecule has 0 aliphatic carbocycles. The van der Waals surface area contributed by atoms with Crippen molar-refractivity contribution in [3.63, 3.8) is 0 Å². The Hall–Kier alpha value is -1.63. The Bertz CT molecular complexity index is 517. The molecule has 0 bridgehead atoms. The summed E-state index contributed by atoms with van der Waals surface area (Å²) in [5.41, 5.74) is 0.778. The second-order valence-electron chi connectivity index (χ2n) is 3.33. The fraction of sp³-hybridized carbons (Fsp3) is 0.300. The molecule has 0 atom stereocenters. The fourth-order valence-electron chi connectivity index (χ4n) is 1.35. The van der Waals surface area contributed by atoms with E-state index in [0.717, 1.165) is 5.56 Å². The lowest BCUT2D eigenvalue weighted by atomic mass is 10.2. The van der Waals surface area contributed by atoms with Crippen LogP contribution in [0.15, 0.2) is 23.4 Å². The minimum absolute atomic E-state index is 0.280. The number of ether oxygens (including phenoxy) is 1. The van der Waals surface area contributed by atoms with E-state index in [-0.39, 0.29) is 5.82 Å². The van der Waals surface area contributed by atoms with Gasteiger partial charge < -0.3 is 4.74 Å². The third-order valence-corrected chi connectivity index (χ3v) is 3.24. The Balaban J connectivity index is 2.13. The van der Waals surface area contributed by atoms with Gasteiger partial charge in [-0.3, -0.25) is 0 Å². The van der Waals surface area contributed by atoms with Gasteiger partial charge in [0.25, 0.3) is 0 Å². The minimum Gasteiger partial charge on any atom is -0.496 e. The van der Waals surface area contributed by atoms with E-state index in [1.807, 2.05) is 0 Å². The molecule has 0 fully saturated rings. The summed E-state index contributed by atoms with van der Waals surface area (Å²) in [7, 11) is 3.32. The molecule has 2 aromatic rings. The Kier molecular flexibility index (Phi) is 3.58. The second kappa shape index (κ2) is 5.13. The molecule has 0 spiro atoms. The van der Waals surface area contributed by atoms with Crippen molar-refractivity contribution in [3.05, 3.63) is 29.6 Å². The standard InChI is InChI=1S/C10H11FN4OS/c1-15-10(12-13-14-15)17-6-7-5-8(11)3-4-9(7)16-2/h3-5H,6H2,1-2H3. The van der Waals surface area contributed by atoms with Gasteiger partial charge in [-0.2, -0.15) is 0 Å². The van der Waals surface area contributed by atoms with Crippen molar-refractivity contribution in [1.29, 1.82) is 0 Å². The van der Waals surface area contributed by atoms with Gasteiger partial charge in [0, 0.05) is 18.4 Å². The van der Waals surface area contributed by atoms with E-state index in [1.54, 1.807) is 24.9 Å². The molecule has 2 rings (SSSR count). The monoisotopic (exact) mass is 254 g/mol. The summed E-state index contributed by atoms with van der Waals surface area (Å²) in [6.07, 6.45) is 0. The molecular weight excluding hydrogens is 243 g/mol. The third kappa shape index (κ3) is 2.73. The average Bonchev–Trinajstić information content (AvgIpc) is 2.72. The highest BCUT2D eigenvalue weighted by atomic mass is 32.2. The number of aromatic nitrogens is 4. The largest absolute Gasteiger partial charge is 0.496 e. The van der Waals surface area contributed by atoms with Crippen LogP contribution in [0.2, 0.25) is 0 Å². The number of halogens is 1. The molecular formula is C10H11FN4OS. The quantitative estimate of drug-likeness (QED) is 0.776. The van der Waals surface area contributed by atoms with E-state index in [1.165, 1.54) is 23.9 Å². The van der Waals surface area contributed by atoms with Gasteiger partial charge in [-0.25, -0.2) is 9.07 Å². The summed E-state index contributed by atoms with van der Waals surface area (Å²) < 4.78 is 19.8. The van der Waals surface area contributed by atoms with Crippen LogP contribution in [0, 0.1) is 5.82 Å². The van der Waals surface area contributed by atoms with Crippen molar-refractivity contribution in [2.75, 3.05) is 7.11 Å². The molecule has 7 heteroatoms. The van der Waals surface area contributed by atoms with E-state index in [0.29, 0.717) is 16.7 Å². The molecule has 1 heterocycles.